The molecule has 118 valence electrons. The lowest BCUT2D eigenvalue weighted by Crippen LogP contribution is -2.42. The zero-order valence-electron chi connectivity index (χ0n) is 12.8. The fourth-order valence-electron chi connectivity index (χ4n) is 3.12. The Bertz CT molecular complexity index is 441. The van der Waals surface area contributed by atoms with E-state index < -0.39 is 0 Å². The van der Waals surface area contributed by atoms with Crippen molar-refractivity contribution >= 4 is 17.2 Å². The number of nitrogens with one attached hydrogen (secondary N) is 1. The monoisotopic (exact) mass is 310 g/mol. The number of nitrogens with zero attached hydrogens (tertiary/aromatic N) is 1. The molecule has 0 bridgehead atoms. The summed E-state index contributed by atoms with van der Waals surface area (Å²) >= 11 is 1.62. The Morgan fingerprint density at radius 3 is 2.86 bits per heavy atom. The molecule has 1 atom stereocenters. The Morgan fingerprint density at radius 1 is 1.48 bits per heavy atom. The van der Waals surface area contributed by atoms with E-state index in [-0.39, 0.29) is 18.6 Å². The zero-order chi connectivity index (χ0) is 15.1. The number of hydrogen-bond acceptors (Lipinski definition) is 4. The van der Waals surface area contributed by atoms with Crippen molar-refractivity contribution in [1.82, 2.24) is 10.3 Å². The van der Waals surface area contributed by atoms with Crippen molar-refractivity contribution in [3.05, 3.63) is 16.1 Å². The van der Waals surface area contributed by atoms with Crippen molar-refractivity contribution in [2.24, 2.45) is 5.92 Å². The van der Waals surface area contributed by atoms with Gasteiger partial charge in [0.2, 0.25) is 5.91 Å². The lowest BCUT2D eigenvalue weighted by molar-refractivity contribution is -0.121. The summed E-state index contributed by atoms with van der Waals surface area (Å²) in [5.74, 6) is 0.559. The van der Waals surface area contributed by atoms with Gasteiger partial charge in [0, 0.05) is 18.0 Å². The van der Waals surface area contributed by atoms with Crippen LogP contribution in [0.5, 0.6) is 0 Å². The van der Waals surface area contributed by atoms with Crippen LogP contribution in [0.3, 0.4) is 0 Å². The average molecular weight is 310 g/mol. The van der Waals surface area contributed by atoms with Crippen LogP contribution in [-0.4, -0.2) is 28.6 Å². The summed E-state index contributed by atoms with van der Waals surface area (Å²) in [6, 6.07) is 0.118. The normalized spacial score (nSPS) is 17.6. The number of aliphatic hydroxyl groups excluding tert-OH is 1. The van der Waals surface area contributed by atoms with Crippen LogP contribution in [0.4, 0.5) is 0 Å². The molecule has 1 aliphatic rings. The predicted octanol–water partition coefficient (Wildman–Crippen LogP) is 2.70. The molecule has 21 heavy (non-hydrogen) atoms. The standard InChI is InChI=1S/C16H26N2O2S/c1-2-16-17-13(11-21-16)10-15(20)18-14(8-9-19)12-6-4-3-5-7-12/h11-12,14,19H,2-10H2,1H3,(H,18,20). The van der Waals surface area contributed by atoms with E-state index in [0.29, 0.717) is 18.8 Å². The molecular formula is C16H26N2O2S. The van der Waals surface area contributed by atoms with E-state index in [1.54, 1.807) is 11.3 Å². The van der Waals surface area contributed by atoms with E-state index in [1.165, 1.54) is 32.1 Å². The smallest absolute Gasteiger partial charge is 0.226 e. The molecule has 0 aliphatic heterocycles. The maximum Gasteiger partial charge on any atom is 0.226 e. The molecule has 1 saturated carbocycles. The topological polar surface area (TPSA) is 62.2 Å². The molecule has 0 saturated heterocycles. The third kappa shape index (κ3) is 5.08. The fourth-order valence-corrected chi connectivity index (χ4v) is 3.86. The van der Waals surface area contributed by atoms with Crippen molar-refractivity contribution in [3.63, 3.8) is 0 Å². The van der Waals surface area contributed by atoms with Gasteiger partial charge in [-0.1, -0.05) is 26.2 Å². The molecule has 5 heteroatoms. The van der Waals surface area contributed by atoms with Crippen LogP contribution in [0.2, 0.25) is 0 Å². The Kier molecular flexibility index (Phi) is 6.64. The molecule has 2 N–H and O–H groups in total. The minimum absolute atomic E-state index is 0.0342. The molecule has 1 amide bonds. The molecule has 0 spiro atoms. The number of thiazole rings is 1. The lowest BCUT2D eigenvalue weighted by Gasteiger charge is -2.30. The predicted molar refractivity (Wildman–Crippen MR) is 85.4 cm³/mol. The quantitative estimate of drug-likeness (QED) is 0.814. The van der Waals surface area contributed by atoms with Crippen molar-refractivity contribution in [3.8, 4) is 0 Å². The minimum atomic E-state index is 0.0342. The highest BCUT2D eigenvalue weighted by atomic mass is 32.1. The Morgan fingerprint density at radius 2 is 2.24 bits per heavy atom. The minimum Gasteiger partial charge on any atom is -0.396 e. The van der Waals surface area contributed by atoms with Crippen molar-refractivity contribution in [2.75, 3.05) is 6.61 Å². The van der Waals surface area contributed by atoms with E-state index in [9.17, 15) is 9.90 Å². The van der Waals surface area contributed by atoms with Gasteiger partial charge in [-0.2, -0.15) is 0 Å². The summed E-state index contributed by atoms with van der Waals surface area (Å²) in [6.07, 6.45) is 8.06. The molecule has 1 aromatic rings. The number of aliphatic hydroxyl groups is 1. The summed E-state index contributed by atoms with van der Waals surface area (Å²) in [4.78, 5) is 16.7. The first kappa shape index (κ1) is 16.4. The van der Waals surface area contributed by atoms with Gasteiger partial charge >= 0.3 is 0 Å². The number of aryl methyl sites for hydroxylation is 1. The number of carbonyl (C=O) groups excluding carboxylic acids is 1. The molecule has 1 aliphatic carbocycles. The average Bonchev–Trinajstić information content (AvgIpc) is 2.95. The van der Waals surface area contributed by atoms with Crippen LogP contribution >= 0.6 is 11.3 Å². The van der Waals surface area contributed by atoms with Gasteiger partial charge in [0.05, 0.1) is 17.1 Å². The summed E-state index contributed by atoms with van der Waals surface area (Å²) in [5.41, 5.74) is 0.862. The van der Waals surface area contributed by atoms with Crippen molar-refractivity contribution < 1.29 is 9.90 Å². The second-order valence-electron chi connectivity index (χ2n) is 5.85. The number of hydrogen-bond donors (Lipinski definition) is 2. The highest BCUT2D eigenvalue weighted by molar-refractivity contribution is 7.09. The van der Waals surface area contributed by atoms with Gasteiger partial charge in [0.25, 0.3) is 0 Å². The SMILES string of the molecule is CCc1nc(CC(=O)NC(CCO)C2CCCCC2)cs1. The third-order valence-corrected chi connectivity index (χ3v) is 5.29. The zero-order valence-corrected chi connectivity index (χ0v) is 13.6. The van der Waals surface area contributed by atoms with Gasteiger partial charge in [-0.15, -0.1) is 11.3 Å². The second kappa shape index (κ2) is 8.49. The Hall–Kier alpha value is -0.940. The first-order valence-electron chi connectivity index (χ1n) is 8.06. The second-order valence-corrected chi connectivity index (χ2v) is 6.79. The Balaban J connectivity index is 1.87. The molecule has 4 nitrogen and oxygen atoms in total. The van der Waals surface area contributed by atoms with Gasteiger partial charge in [-0.3, -0.25) is 4.79 Å². The van der Waals surface area contributed by atoms with Gasteiger partial charge in [0.15, 0.2) is 0 Å². The largest absolute Gasteiger partial charge is 0.396 e. The van der Waals surface area contributed by atoms with Crippen LogP contribution in [0.25, 0.3) is 0 Å². The Labute approximate surface area is 131 Å². The van der Waals surface area contributed by atoms with Crippen molar-refractivity contribution in [1.29, 1.82) is 0 Å². The van der Waals surface area contributed by atoms with Gasteiger partial charge < -0.3 is 10.4 Å². The van der Waals surface area contributed by atoms with Gasteiger partial charge in [-0.05, 0) is 31.6 Å². The van der Waals surface area contributed by atoms with E-state index in [0.717, 1.165) is 17.1 Å². The lowest BCUT2D eigenvalue weighted by atomic mass is 9.82. The van der Waals surface area contributed by atoms with Crippen molar-refractivity contribution in [2.45, 2.75) is 64.3 Å². The molecular weight excluding hydrogens is 284 g/mol. The third-order valence-electron chi connectivity index (χ3n) is 4.25. The molecule has 1 unspecified atom stereocenters. The van der Waals surface area contributed by atoms with E-state index >= 15 is 0 Å². The van der Waals surface area contributed by atoms with E-state index in [4.69, 9.17) is 0 Å². The molecule has 2 rings (SSSR count). The number of carbonyl (C=O) groups is 1. The van der Waals surface area contributed by atoms with Crippen LogP contribution in [0.1, 0.15) is 56.2 Å². The number of aromatic nitrogens is 1. The maximum atomic E-state index is 12.2. The summed E-state index contributed by atoms with van der Waals surface area (Å²) in [7, 11) is 0. The fraction of sp³-hybridized carbons (Fsp3) is 0.750. The molecule has 0 aromatic carbocycles. The van der Waals surface area contributed by atoms with E-state index in [1.807, 2.05) is 5.38 Å². The van der Waals surface area contributed by atoms with Crippen LogP contribution < -0.4 is 5.32 Å². The van der Waals surface area contributed by atoms with E-state index in [2.05, 4.69) is 17.2 Å². The highest BCUT2D eigenvalue weighted by Crippen LogP contribution is 2.27. The van der Waals surface area contributed by atoms with Crippen LogP contribution in [0.15, 0.2) is 5.38 Å². The summed E-state index contributed by atoms with van der Waals surface area (Å²) in [6.45, 7) is 2.21. The number of rotatable bonds is 7. The van der Waals surface area contributed by atoms with Crippen LogP contribution in [0, 0.1) is 5.92 Å². The molecule has 1 fully saturated rings. The first-order valence-corrected chi connectivity index (χ1v) is 8.94. The summed E-state index contributed by atoms with van der Waals surface area (Å²) in [5, 5.41) is 15.4. The van der Waals surface area contributed by atoms with Gasteiger partial charge in [-0.25, -0.2) is 4.98 Å². The maximum absolute atomic E-state index is 12.2. The van der Waals surface area contributed by atoms with Crippen LogP contribution in [-0.2, 0) is 17.6 Å². The van der Waals surface area contributed by atoms with Gasteiger partial charge in [0.1, 0.15) is 0 Å². The first-order chi connectivity index (χ1) is 10.2. The number of amides is 1. The molecule has 1 aromatic heterocycles. The summed E-state index contributed by atoms with van der Waals surface area (Å²) < 4.78 is 0. The molecule has 0 radical (unpaired) electrons. The highest BCUT2D eigenvalue weighted by Gasteiger charge is 2.24. The molecule has 1 heterocycles.